The molecule has 5 nitrogen and oxygen atoms in total. The van der Waals surface area contributed by atoms with Crippen LogP contribution < -0.4 is 10.9 Å². The van der Waals surface area contributed by atoms with Crippen molar-refractivity contribution in [2.24, 2.45) is 0 Å². The molecule has 0 aliphatic heterocycles. The zero-order valence-electron chi connectivity index (χ0n) is 13.6. The molecule has 2 aromatic heterocycles. The molecule has 0 amide bonds. The molecule has 0 unspecified atom stereocenters. The molecule has 2 aliphatic rings. The summed E-state index contributed by atoms with van der Waals surface area (Å²) >= 11 is 1.74. The maximum absolute atomic E-state index is 13.1. The van der Waals surface area contributed by atoms with Crippen LogP contribution in [0.3, 0.4) is 0 Å². The summed E-state index contributed by atoms with van der Waals surface area (Å²) in [5, 5.41) is 4.25. The molecular weight excluding hydrogens is 310 g/mol. The van der Waals surface area contributed by atoms with Crippen molar-refractivity contribution in [3.63, 3.8) is 0 Å². The van der Waals surface area contributed by atoms with Gasteiger partial charge in [0.25, 0.3) is 5.56 Å². The Morgan fingerprint density at radius 2 is 2.17 bits per heavy atom. The first-order valence-corrected chi connectivity index (χ1v) is 9.36. The van der Waals surface area contributed by atoms with Gasteiger partial charge in [0, 0.05) is 24.6 Å². The first-order valence-electron chi connectivity index (χ1n) is 8.55. The largest absolute Gasteiger partial charge is 0.383 e. The van der Waals surface area contributed by atoms with Gasteiger partial charge in [-0.05, 0) is 44.1 Å². The van der Waals surface area contributed by atoms with Crippen molar-refractivity contribution >= 4 is 21.6 Å². The molecular formula is C17H23N3O2S. The van der Waals surface area contributed by atoms with Crippen molar-refractivity contribution < 1.29 is 4.74 Å². The Labute approximate surface area is 139 Å². The first kappa shape index (κ1) is 15.3. The number of rotatable bonds is 6. The molecule has 23 heavy (non-hydrogen) atoms. The molecule has 1 fully saturated rings. The maximum atomic E-state index is 13.1. The van der Waals surface area contributed by atoms with Crippen LogP contribution in [0.1, 0.15) is 48.0 Å². The van der Waals surface area contributed by atoms with Crippen LogP contribution in [0.15, 0.2) is 4.79 Å². The van der Waals surface area contributed by atoms with Crippen LogP contribution in [0.2, 0.25) is 0 Å². The van der Waals surface area contributed by atoms with Crippen LogP contribution in [-0.2, 0) is 24.1 Å². The lowest BCUT2D eigenvalue weighted by Gasteiger charge is -2.13. The summed E-state index contributed by atoms with van der Waals surface area (Å²) < 4.78 is 7.03. The summed E-state index contributed by atoms with van der Waals surface area (Å²) in [7, 11) is 1.70. The lowest BCUT2D eigenvalue weighted by atomic mass is 9.97. The van der Waals surface area contributed by atoms with Gasteiger partial charge in [-0.3, -0.25) is 9.36 Å². The molecule has 2 heterocycles. The van der Waals surface area contributed by atoms with E-state index in [-0.39, 0.29) is 5.56 Å². The van der Waals surface area contributed by atoms with E-state index in [1.165, 1.54) is 23.3 Å². The molecule has 0 radical (unpaired) electrons. The van der Waals surface area contributed by atoms with Gasteiger partial charge in [-0.1, -0.05) is 0 Å². The van der Waals surface area contributed by atoms with Crippen LogP contribution >= 0.6 is 11.3 Å². The number of nitrogens with zero attached hydrogens (tertiary/aromatic N) is 2. The quantitative estimate of drug-likeness (QED) is 0.825. The Morgan fingerprint density at radius 3 is 2.96 bits per heavy atom. The van der Waals surface area contributed by atoms with E-state index in [0.717, 1.165) is 48.3 Å². The Kier molecular flexibility index (Phi) is 4.22. The summed E-state index contributed by atoms with van der Waals surface area (Å²) in [5.41, 5.74) is 1.49. The lowest BCUT2D eigenvalue weighted by Crippen LogP contribution is -2.29. The number of nitrogens with one attached hydrogen (secondary N) is 1. The molecule has 0 spiro atoms. The highest BCUT2D eigenvalue weighted by molar-refractivity contribution is 7.18. The van der Waals surface area contributed by atoms with Gasteiger partial charge in [0.1, 0.15) is 10.7 Å². The minimum atomic E-state index is 0.195. The van der Waals surface area contributed by atoms with Crippen LogP contribution in [0.25, 0.3) is 10.2 Å². The van der Waals surface area contributed by atoms with Crippen molar-refractivity contribution in [3.8, 4) is 0 Å². The molecule has 0 bridgehead atoms. The molecule has 6 heteroatoms. The zero-order chi connectivity index (χ0) is 15.8. The monoisotopic (exact) mass is 333 g/mol. The highest BCUT2D eigenvalue weighted by Crippen LogP contribution is 2.37. The van der Waals surface area contributed by atoms with Crippen LogP contribution in [-0.4, -0.2) is 29.8 Å². The summed E-state index contributed by atoms with van der Waals surface area (Å²) in [5.74, 6) is 0.889. The minimum absolute atomic E-state index is 0.195. The smallest absolute Gasteiger partial charge is 0.262 e. The third-order valence-corrected chi connectivity index (χ3v) is 5.96. The highest BCUT2D eigenvalue weighted by Gasteiger charge is 2.30. The summed E-state index contributed by atoms with van der Waals surface area (Å²) in [6, 6.07) is 0.359. The number of methoxy groups -OCH3 is 1. The van der Waals surface area contributed by atoms with Crippen molar-refractivity contribution in [3.05, 3.63) is 26.6 Å². The minimum Gasteiger partial charge on any atom is -0.383 e. The summed E-state index contributed by atoms with van der Waals surface area (Å²) in [6.07, 6.45) is 6.79. The zero-order valence-corrected chi connectivity index (χ0v) is 14.4. The summed E-state index contributed by atoms with van der Waals surface area (Å²) in [6.45, 7) is 2.08. The van der Waals surface area contributed by atoms with Gasteiger partial charge in [0.2, 0.25) is 0 Å². The highest BCUT2D eigenvalue weighted by atomic mass is 32.1. The third-order valence-electron chi connectivity index (χ3n) is 4.77. The van der Waals surface area contributed by atoms with E-state index in [0.29, 0.717) is 19.2 Å². The Morgan fingerprint density at radius 1 is 1.35 bits per heavy atom. The Hall–Kier alpha value is -1.24. The molecule has 1 saturated carbocycles. The lowest BCUT2D eigenvalue weighted by molar-refractivity contribution is 0.198. The van der Waals surface area contributed by atoms with Gasteiger partial charge in [-0.2, -0.15) is 0 Å². The molecule has 1 N–H and O–H groups in total. The normalized spacial score (nSPS) is 17.6. The number of aromatic nitrogens is 2. The molecule has 4 rings (SSSR count). The van der Waals surface area contributed by atoms with E-state index >= 15 is 0 Å². The van der Waals surface area contributed by atoms with E-state index in [9.17, 15) is 4.79 Å². The van der Waals surface area contributed by atoms with E-state index in [1.807, 2.05) is 4.57 Å². The predicted octanol–water partition coefficient (Wildman–Crippen LogP) is 2.41. The molecule has 124 valence electrons. The molecule has 0 saturated heterocycles. The fourth-order valence-corrected chi connectivity index (χ4v) is 4.74. The molecule has 2 aliphatic carbocycles. The number of fused-ring (bicyclic) bond motifs is 3. The molecule has 2 aromatic rings. The average Bonchev–Trinajstić information content (AvgIpc) is 3.31. The topological polar surface area (TPSA) is 56.1 Å². The third kappa shape index (κ3) is 2.84. The number of thiophene rings is 1. The van der Waals surface area contributed by atoms with Crippen molar-refractivity contribution in [2.45, 2.75) is 51.1 Å². The standard InChI is InChI=1S/C17H23N3O2S/c1-22-9-8-18-10-14-19-16-15(17(21)20(14)11-6-7-11)12-4-2-3-5-13(12)23-16/h11,18H,2-10H2,1H3. The van der Waals surface area contributed by atoms with E-state index < -0.39 is 0 Å². The fraction of sp³-hybridized carbons (Fsp3) is 0.647. The predicted molar refractivity (Wildman–Crippen MR) is 92.4 cm³/mol. The van der Waals surface area contributed by atoms with Gasteiger partial charge in [0.05, 0.1) is 18.5 Å². The molecule has 0 atom stereocenters. The van der Waals surface area contributed by atoms with E-state index in [2.05, 4.69) is 5.32 Å². The van der Waals surface area contributed by atoms with Crippen LogP contribution in [0.4, 0.5) is 0 Å². The van der Waals surface area contributed by atoms with Crippen molar-refractivity contribution in [1.82, 2.24) is 14.9 Å². The summed E-state index contributed by atoms with van der Waals surface area (Å²) in [4.78, 5) is 20.3. The van der Waals surface area contributed by atoms with E-state index in [1.54, 1.807) is 18.4 Å². The Bertz CT molecular complexity index is 776. The second-order valence-corrected chi connectivity index (χ2v) is 7.58. The van der Waals surface area contributed by atoms with Crippen LogP contribution in [0.5, 0.6) is 0 Å². The van der Waals surface area contributed by atoms with Crippen molar-refractivity contribution in [2.75, 3.05) is 20.3 Å². The second-order valence-electron chi connectivity index (χ2n) is 6.49. The Balaban J connectivity index is 1.76. The van der Waals surface area contributed by atoms with E-state index in [4.69, 9.17) is 9.72 Å². The number of ether oxygens (including phenoxy) is 1. The molecule has 0 aromatic carbocycles. The van der Waals surface area contributed by atoms with Gasteiger partial charge in [-0.15, -0.1) is 11.3 Å². The SMILES string of the molecule is COCCNCc1nc2sc3c(c2c(=O)n1C1CC1)CCCC3. The van der Waals surface area contributed by atoms with Gasteiger partial charge >= 0.3 is 0 Å². The van der Waals surface area contributed by atoms with Gasteiger partial charge < -0.3 is 10.1 Å². The van der Waals surface area contributed by atoms with Gasteiger partial charge in [0.15, 0.2) is 0 Å². The van der Waals surface area contributed by atoms with Crippen molar-refractivity contribution in [1.29, 1.82) is 0 Å². The number of aryl methyl sites for hydroxylation is 2. The first-order chi connectivity index (χ1) is 11.3. The second kappa shape index (κ2) is 6.34. The van der Waals surface area contributed by atoms with Crippen LogP contribution in [0, 0.1) is 0 Å². The maximum Gasteiger partial charge on any atom is 0.262 e. The number of hydrogen-bond acceptors (Lipinski definition) is 5. The number of hydrogen-bond donors (Lipinski definition) is 1. The average molecular weight is 333 g/mol. The van der Waals surface area contributed by atoms with Gasteiger partial charge in [-0.25, -0.2) is 4.98 Å². The fourth-order valence-electron chi connectivity index (χ4n) is 3.47.